The Morgan fingerprint density at radius 2 is 1.79 bits per heavy atom. The molecule has 0 atom stereocenters. The molecule has 0 bridgehead atoms. The van der Waals surface area contributed by atoms with Crippen molar-refractivity contribution in [1.82, 2.24) is 9.97 Å². The van der Waals surface area contributed by atoms with Crippen molar-refractivity contribution in [2.24, 2.45) is 0 Å². The summed E-state index contributed by atoms with van der Waals surface area (Å²) < 4.78 is 1.24. The number of nitrogens with zero attached hydrogens (tertiary/aromatic N) is 2. The maximum atomic E-state index is 4.54. The van der Waals surface area contributed by atoms with Crippen molar-refractivity contribution in [2.45, 2.75) is 33.1 Å². The third-order valence-electron chi connectivity index (χ3n) is 3.29. The molecule has 3 heteroatoms. The molecule has 1 aromatic carbocycles. The highest BCUT2D eigenvalue weighted by Gasteiger charge is 2.03. The lowest BCUT2D eigenvalue weighted by Gasteiger charge is -2.05. The molecule has 0 saturated carbocycles. The van der Waals surface area contributed by atoms with E-state index < -0.39 is 0 Å². The summed E-state index contributed by atoms with van der Waals surface area (Å²) in [6.07, 6.45) is 5.62. The van der Waals surface area contributed by atoms with E-state index in [4.69, 9.17) is 0 Å². The highest BCUT2D eigenvalue weighted by molar-refractivity contribution is 14.1. The smallest absolute Gasteiger partial charge is 0.159 e. The monoisotopic (exact) mass is 366 g/mol. The van der Waals surface area contributed by atoms with E-state index in [0.717, 1.165) is 29.1 Å². The first kappa shape index (κ1) is 14.4. The second-order valence-corrected chi connectivity index (χ2v) is 5.88. The van der Waals surface area contributed by atoms with Crippen LogP contribution in [-0.4, -0.2) is 14.4 Å². The minimum atomic E-state index is 0.821. The molecule has 19 heavy (non-hydrogen) atoms. The van der Waals surface area contributed by atoms with Gasteiger partial charge in [0.1, 0.15) is 0 Å². The average molecular weight is 366 g/mol. The van der Waals surface area contributed by atoms with Crippen LogP contribution in [0.25, 0.3) is 11.4 Å². The van der Waals surface area contributed by atoms with Crippen molar-refractivity contribution in [3.63, 3.8) is 0 Å². The normalized spacial score (nSPS) is 10.7. The highest BCUT2D eigenvalue weighted by atomic mass is 127. The third-order valence-corrected chi connectivity index (χ3v) is 4.05. The molecule has 2 nitrogen and oxygen atoms in total. The zero-order valence-corrected chi connectivity index (χ0v) is 13.6. The van der Waals surface area contributed by atoms with Gasteiger partial charge in [-0.1, -0.05) is 46.9 Å². The summed E-state index contributed by atoms with van der Waals surface area (Å²) in [7, 11) is 0. The minimum Gasteiger partial charge on any atom is -0.236 e. The van der Waals surface area contributed by atoms with Crippen LogP contribution in [-0.2, 0) is 6.42 Å². The lowest BCUT2D eigenvalue weighted by atomic mass is 10.1. The van der Waals surface area contributed by atoms with Gasteiger partial charge >= 0.3 is 0 Å². The van der Waals surface area contributed by atoms with Gasteiger partial charge in [-0.3, -0.25) is 0 Å². The van der Waals surface area contributed by atoms with Gasteiger partial charge in [0.05, 0.1) is 0 Å². The molecule has 2 aromatic rings. The second kappa shape index (κ2) is 6.98. The van der Waals surface area contributed by atoms with Gasteiger partial charge in [0.2, 0.25) is 0 Å². The van der Waals surface area contributed by atoms with Crippen LogP contribution in [0, 0.1) is 13.8 Å². The first-order valence-corrected chi connectivity index (χ1v) is 8.19. The third kappa shape index (κ3) is 4.00. The number of benzene rings is 1. The van der Waals surface area contributed by atoms with Gasteiger partial charge in [-0.25, -0.2) is 9.97 Å². The molecular formula is C16H19IN2. The number of unbranched alkanes of at least 4 members (excludes halogenated alkanes) is 1. The van der Waals surface area contributed by atoms with E-state index >= 15 is 0 Å². The number of alkyl halides is 1. The number of aromatic nitrogens is 2. The zero-order chi connectivity index (χ0) is 13.7. The second-order valence-electron chi connectivity index (χ2n) is 4.81. The van der Waals surface area contributed by atoms with Crippen LogP contribution in [0.5, 0.6) is 0 Å². The Morgan fingerprint density at radius 3 is 2.42 bits per heavy atom. The summed E-state index contributed by atoms with van der Waals surface area (Å²) in [6.45, 7) is 4.06. The van der Waals surface area contributed by atoms with Crippen LogP contribution in [0.1, 0.15) is 29.7 Å². The maximum absolute atomic E-state index is 4.54. The maximum Gasteiger partial charge on any atom is 0.159 e. The summed E-state index contributed by atoms with van der Waals surface area (Å²) in [5, 5.41) is 0. The van der Waals surface area contributed by atoms with E-state index in [0.29, 0.717) is 0 Å². The predicted molar refractivity (Wildman–Crippen MR) is 88.8 cm³/mol. The number of rotatable bonds is 5. The molecule has 2 rings (SSSR count). The van der Waals surface area contributed by atoms with E-state index in [1.807, 2.05) is 20.0 Å². The van der Waals surface area contributed by atoms with Crippen molar-refractivity contribution >= 4 is 22.6 Å². The van der Waals surface area contributed by atoms with E-state index in [9.17, 15) is 0 Å². The van der Waals surface area contributed by atoms with Crippen LogP contribution in [0.3, 0.4) is 0 Å². The summed E-state index contributed by atoms with van der Waals surface area (Å²) in [5.41, 5.74) is 4.69. The van der Waals surface area contributed by atoms with Gasteiger partial charge in [0.15, 0.2) is 5.82 Å². The van der Waals surface area contributed by atoms with Crippen LogP contribution in [0.15, 0.2) is 30.5 Å². The Labute approximate surface area is 128 Å². The van der Waals surface area contributed by atoms with Crippen molar-refractivity contribution < 1.29 is 0 Å². The van der Waals surface area contributed by atoms with Crippen molar-refractivity contribution in [1.29, 1.82) is 0 Å². The topological polar surface area (TPSA) is 25.8 Å². The SMILES string of the molecule is Cc1cnc(-c2ccc(CCCCI)cc2)nc1C. The van der Waals surface area contributed by atoms with Crippen LogP contribution in [0.2, 0.25) is 0 Å². The highest BCUT2D eigenvalue weighted by Crippen LogP contribution is 2.17. The average Bonchev–Trinajstić information content (AvgIpc) is 2.43. The van der Waals surface area contributed by atoms with E-state index in [-0.39, 0.29) is 0 Å². The molecule has 100 valence electrons. The van der Waals surface area contributed by atoms with Gasteiger partial charge in [-0.2, -0.15) is 0 Å². The van der Waals surface area contributed by atoms with Gasteiger partial charge in [0.25, 0.3) is 0 Å². The first-order valence-electron chi connectivity index (χ1n) is 6.66. The Kier molecular flexibility index (Phi) is 5.31. The van der Waals surface area contributed by atoms with Crippen LogP contribution >= 0.6 is 22.6 Å². The molecule has 1 aromatic heterocycles. The van der Waals surface area contributed by atoms with E-state index in [2.05, 4.69) is 56.8 Å². The fraction of sp³-hybridized carbons (Fsp3) is 0.375. The molecule has 0 N–H and O–H groups in total. The number of hydrogen-bond donors (Lipinski definition) is 0. The Balaban J connectivity index is 2.11. The summed E-state index contributed by atoms with van der Waals surface area (Å²) in [4.78, 5) is 8.94. The molecule has 0 radical (unpaired) electrons. The number of hydrogen-bond acceptors (Lipinski definition) is 2. The van der Waals surface area contributed by atoms with Gasteiger partial charge in [0, 0.05) is 17.5 Å². The molecule has 0 fully saturated rings. The quantitative estimate of drug-likeness (QED) is 0.442. The van der Waals surface area contributed by atoms with Gasteiger partial charge in [-0.15, -0.1) is 0 Å². The Bertz CT molecular complexity index is 535. The van der Waals surface area contributed by atoms with Crippen molar-refractivity contribution in [2.75, 3.05) is 4.43 Å². The zero-order valence-electron chi connectivity index (χ0n) is 11.5. The van der Waals surface area contributed by atoms with Gasteiger partial charge in [-0.05, 0) is 48.7 Å². The summed E-state index contributed by atoms with van der Waals surface area (Å²) in [5.74, 6) is 0.821. The van der Waals surface area contributed by atoms with Crippen molar-refractivity contribution in [3.8, 4) is 11.4 Å². The first-order chi connectivity index (χ1) is 9.20. The molecule has 0 amide bonds. The molecule has 0 aliphatic heterocycles. The van der Waals surface area contributed by atoms with Crippen molar-refractivity contribution in [3.05, 3.63) is 47.3 Å². The number of halogens is 1. The molecule has 0 saturated heterocycles. The predicted octanol–water partition coefficient (Wildman–Crippen LogP) is 4.52. The Hall–Kier alpha value is -0.970. The largest absolute Gasteiger partial charge is 0.236 e. The lowest BCUT2D eigenvalue weighted by Crippen LogP contribution is -1.94. The summed E-state index contributed by atoms with van der Waals surface area (Å²) >= 11 is 2.43. The van der Waals surface area contributed by atoms with Crippen LogP contribution < -0.4 is 0 Å². The molecule has 0 aliphatic rings. The fourth-order valence-electron chi connectivity index (χ4n) is 1.91. The standard InChI is InChI=1S/C16H19IN2/c1-12-11-18-16(19-13(12)2)15-8-6-14(7-9-15)5-3-4-10-17/h6-9,11H,3-5,10H2,1-2H3. The molecule has 0 unspecified atom stereocenters. The molecule has 0 aliphatic carbocycles. The fourth-order valence-corrected chi connectivity index (χ4v) is 2.45. The molecular weight excluding hydrogens is 347 g/mol. The minimum absolute atomic E-state index is 0.821. The lowest BCUT2D eigenvalue weighted by molar-refractivity contribution is 0.809. The molecule has 0 spiro atoms. The summed E-state index contributed by atoms with van der Waals surface area (Å²) in [6, 6.07) is 8.65. The van der Waals surface area contributed by atoms with E-state index in [1.54, 1.807) is 0 Å². The van der Waals surface area contributed by atoms with Gasteiger partial charge < -0.3 is 0 Å². The van der Waals surface area contributed by atoms with E-state index in [1.165, 1.54) is 22.8 Å². The molecule has 1 heterocycles. The Morgan fingerprint density at radius 1 is 1.05 bits per heavy atom. The van der Waals surface area contributed by atoms with Crippen LogP contribution in [0.4, 0.5) is 0 Å². The number of aryl methyl sites for hydroxylation is 3.